The molecule has 0 spiro atoms. The van der Waals surface area contributed by atoms with Crippen molar-refractivity contribution in [2.75, 3.05) is 13.6 Å². The third-order valence-electron chi connectivity index (χ3n) is 2.62. The smallest absolute Gasteiger partial charge is 0.317 e. The van der Waals surface area contributed by atoms with E-state index in [0.29, 0.717) is 19.5 Å². The van der Waals surface area contributed by atoms with Crippen molar-refractivity contribution in [2.24, 2.45) is 0 Å². The van der Waals surface area contributed by atoms with Crippen molar-refractivity contribution in [1.29, 1.82) is 0 Å². The van der Waals surface area contributed by atoms with E-state index in [4.69, 9.17) is 5.11 Å². The van der Waals surface area contributed by atoms with Crippen LogP contribution in [0.5, 0.6) is 0 Å². The molecule has 0 fully saturated rings. The molecule has 0 unspecified atom stereocenters. The van der Waals surface area contributed by atoms with Gasteiger partial charge in [-0.3, -0.25) is 4.79 Å². The average molecular weight is 270 g/mol. The molecule has 0 radical (unpaired) electrons. The lowest BCUT2D eigenvalue weighted by molar-refractivity contribution is -0.137. The summed E-state index contributed by atoms with van der Waals surface area (Å²) in [6.45, 7) is 2.97. The summed E-state index contributed by atoms with van der Waals surface area (Å²) in [5.74, 6) is -0.835. The van der Waals surface area contributed by atoms with Crippen LogP contribution in [0, 0.1) is 6.92 Å². The minimum Gasteiger partial charge on any atom is -0.481 e. The van der Waals surface area contributed by atoms with Gasteiger partial charge in [-0.2, -0.15) is 11.3 Å². The normalized spacial score (nSPS) is 10.1. The Morgan fingerprint density at radius 2 is 2.17 bits per heavy atom. The van der Waals surface area contributed by atoms with Gasteiger partial charge in [0.05, 0.1) is 0 Å². The molecular formula is C12H18N2O3S. The molecule has 0 bridgehead atoms. The first-order valence-electron chi connectivity index (χ1n) is 5.73. The van der Waals surface area contributed by atoms with Gasteiger partial charge in [-0.15, -0.1) is 0 Å². The number of carboxylic acids is 1. The minimum atomic E-state index is -0.835. The SMILES string of the molecule is Cc1cscc1CNC(=O)N(C)CCCC(=O)O. The highest BCUT2D eigenvalue weighted by molar-refractivity contribution is 7.08. The lowest BCUT2D eigenvalue weighted by atomic mass is 10.2. The summed E-state index contributed by atoms with van der Waals surface area (Å²) < 4.78 is 0. The Morgan fingerprint density at radius 3 is 2.72 bits per heavy atom. The van der Waals surface area contributed by atoms with Gasteiger partial charge in [-0.05, 0) is 35.2 Å². The first kappa shape index (κ1) is 14.5. The molecule has 0 atom stereocenters. The molecule has 100 valence electrons. The minimum absolute atomic E-state index is 0.0846. The van der Waals surface area contributed by atoms with Crippen LogP contribution >= 0.6 is 11.3 Å². The zero-order chi connectivity index (χ0) is 13.5. The van der Waals surface area contributed by atoms with Gasteiger partial charge in [0, 0.05) is 26.6 Å². The van der Waals surface area contributed by atoms with Gasteiger partial charge >= 0.3 is 12.0 Å². The number of urea groups is 1. The van der Waals surface area contributed by atoms with Crippen LogP contribution in [0.15, 0.2) is 10.8 Å². The lowest BCUT2D eigenvalue weighted by Gasteiger charge is -2.17. The summed E-state index contributed by atoms with van der Waals surface area (Å²) in [5.41, 5.74) is 2.29. The predicted octanol–water partition coefficient (Wildman–Crippen LogP) is 2.06. The number of rotatable bonds is 6. The van der Waals surface area contributed by atoms with Crippen LogP contribution in [0.4, 0.5) is 4.79 Å². The second-order valence-corrected chi connectivity index (χ2v) is 4.90. The van der Waals surface area contributed by atoms with E-state index in [9.17, 15) is 9.59 Å². The maximum absolute atomic E-state index is 11.7. The lowest BCUT2D eigenvalue weighted by Crippen LogP contribution is -2.37. The second kappa shape index (κ2) is 7.00. The molecule has 0 saturated carbocycles. The predicted molar refractivity (Wildman–Crippen MR) is 70.8 cm³/mol. The van der Waals surface area contributed by atoms with Gasteiger partial charge in [0.15, 0.2) is 0 Å². The topological polar surface area (TPSA) is 69.6 Å². The number of aliphatic carboxylic acids is 1. The van der Waals surface area contributed by atoms with Gasteiger partial charge in [-0.25, -0.2) is 4.79 Å². The van der Waals surface area contributed by atoms with Crippen molar-refractivity contribution in [3.8, 4) is 0 Å². The molecule has 0 aliphatic rings. The van der Waals surface area contributed by atoms with Crippen molar-refractivity contribution in [1.82, 2.24) is 10.2 Å². The Kier molecular flexibility index (Phi) is 5.64. The maximum Gasteiger partial charge on any atom is 0.317 e. The van der Waals surface area contributed by atoms with Crippen LogP contribution in [0.1, 0.15) is 24.0 Å². The van der Waals surface area contributed by atoms with Crippen molar-refractivity contribution in [3.05, 3.63) is 21.9 Å². The molecule has 1 aromatic heterocycles. The van der Waals surface area contributed by atoms with Crippen LogP contribution < -0.4 is 5.32 Å². The Bertz CT molecular complexity index is 417. The van der Waals surface area contributed by atoms with Crippen molar-refractivity contribution >= 4 is 23.3 Å². The van der Waals surface area contributed by atoms with Crippen LogP contribution in [0.2, 0.25) is 0 Å². The summed E-state index contributed by atoms with van der Waals surface area (Å²) >= 11 is 1.61. The number of carboxylic acid groups (broad SMARTS) is 1. The Hall–Kier alpha value is -1.56. The van der Waals surface area contributed by atoms with Crippen LogP contribution in [-0.2, 0) is 11.3 Å². The summed E-state index contributed by atoms with van der Waals surface area (Å²) in [6.07, 6.45) is 0.554. The van der Waals surface area contributed by atoms with Crippen LogP contribution in [-0.4, -0.2) is 35.6 Å². The third-order valence-corrected chi connectivity index (χ3v) is 3.53. The maximum atomic E-state index is 11.7. The van der Waals surface area contributed by atoms with Crippen LogP contribution in [0.3, 0.4) is 0 Å². The summed E-state index contributed by atoms with van der Waals surface area (Å²) in [7, 11) is 1.66. The Morgan fingerprint density at radius 1 is 1.44 bits per heavy atom. The van der Waals surface area contributed by atoms with Crippen molar-refractivity contribution in [2.45, 2.75) is 26.3 Å². The molecule has 2 amide bonds. The number of carbonyl (C=O) groups excluding carboxylic acids is 1. The first-order valence-corrected chi connectivity index (χ1v) is 6.67. The quantitative estimate of drug-likeness (QED) is 0.831. The van der Waals surface area contributed by atoms with E-state index in [0.717, 1.165) is 5.56 Å². The molecule has 2 N–H and O–H groups in total. The number of thiophene rings is 1. The van der Waals surface area contributed by atoms with E-state index >= 15 is 0 Å². The van der Waals surface area contributed by atoms with Crippen molar-refractivity contribution < 1.29 is 14.7 Å². The van der Waals surface area contributed by atoms with E-state index < -0.39 is 5.97 Å². The van der Waals surface area contributed by atoms with E-state index in [1.54, 1.807) is 18.4 Å². The number of aryl methyl sites for hydroxylation is 1. The summed E-state index contributed by atoms with van der Waals surface area (Å²) in [5, 5.41) is 15.4. The summed E-state index contributed by atoms with van der Waals surface area (Å²) in [6, 6.07) is -0.175. The molecule has 1 aromatic rings. The Balaban J connectivity index is 2.27. The fourth-order valence-corrected chi connectivity index (χ4v) is 2.30. The van der Waals surface area contributed by atoms with E-state index in [1.807, 2.05) is 17.7 Å². The highest BCUT2D eigenvalue weighted by atomic mass is 32.1. The number of hydrogen-bond donors (Lipinski definition) is 2. The average Bonchev–Trinajstić information content (AvgIpc) is 2.71. The molecule has 1 rings (SSSR count). The van der Waals surface area contributed by atoms with Gasteiger partial charge in [0.2, 0.25) is 0 Å². The first-order chi connectivity index (χ1) is 8.50. The molecule has 0 aliphatic heterocycles. The zero-order valence-electron chi connectivity index (χ0n) is 10.6. The number of nitrogens with zero attached hydrogens (tertiary/aromatic N) is 1. The van der Waals surface area contributed by atoms with E-state index in [2.05, 4.69) is 5.32 Å². The second-order valence-electron chi connectivity index (χ2n) is 4.16. The highest BCUT2D eigenvalue weighted by Crippen LogP contribution is 2.13. The van der Waals surface area contributed by atoms with Gasteiger partial charge < -0.3 is 15.3 Å². The van der Waals surface area contributed by atoms with Crippen molar-refractivity contribution in [3.63, 3.8) is 0 Å². The van der Waals surface area contributed by atoms with Gasteiger partial charge in [0.25, 0.3) is 0 Å². The Labute approximate surface area is 110 Å². The molecule has 0 saturated heterocycles. The van der Waals surface area contributed by atoms with Crippen LogP contribution in [0.25, 0.3) is 0 Å². The number of carbonyl (C=O) groups is 2. The molecule has 5 nitrogen and oxygen atoms in total. The molecule has 6 heteroatoms. The van der Waals surface area contributed by atoms with E-state index in [1.165, 1.54) is 10.5 Å². The zero-order valence-corrected chi connectivity index (χ0v) is 11.4. The van der Waals surface area contributed by atoms with E-state index in [-0.39, 0.29) is 12.5 Å². The van der Waals surface area contributed by atoms with Gasteiger partial charge in [0.1, 0.15) is 0 Å². The summed E-state index contributed by atoms with van der Waals surface area (Å²) in [4.78, 5) is 23.6. The fraction of sp³-hybridized carbons (Fsp3) is 0.500. The highest BCUT2D eigenvalue weighted by Gasteiger charge is 2.09. The molecule has 0 aromatic carbocycles. The number of amides is 2. The monoisotopic (exact) mass is 270 g/mol. The van der Waals surface area contributed by atoms with Gasteiger partial charge in [-0.1, -0.05) is 0 Å². The third kappa shape index (κ3) is 4.75. The molecular weight excluding hydrogens is 252 g/mol. The molecule has 0 aliphatic carbocycles. The largest absolute Gasteiger partial charge is 0.481 e. The molecule has 18 heavy (non-hydrogen) atoms. The fourth-order valence-electron chi connectivity index (χ4n) is 1.44. The molecule has 1 heterocycles. The number of hydrogen-bond acceptors (Lipinski definition) is 3. The number of nitrogens with one attached hydrogen (secondary N) is 1. The standard InChI is InChI=1S/C12H18N2O3S/c1-9-7-18-8-10(9)6-13-12(17)14(2)5-3-4-11(15)16/h7-8H,3-6H2,1-2H3,(H,13,17)(H,15,16).